The van der Waals surface area contributed by atoms with Crippen LogP contribution >= 0.6 is 0 Å². The molecule has 2 rings (SSSR count). The molecule has 0 fully saturated rings. The van der Waals surface area contributed by atoms with E-state index in [4.69, 9.17) is 4.74 Å². The normalized spacial score (nSPS) is 11.7. The molecule has 0 bridgehead atoms. The van der Waals surface area contributed by atoms with Crippen molar-refractivity contribution in [3.8, 4) is 11.3 Å². The molecule has 0 atom stereocenters. The smallest absolute Gasteiger partial charge is 0.200 e. The van der Waals surface area contributed by atoms with Gasteiger partial charge in [-0.05, 0) is 48.6 Å². The maximum Gasteiger partial charge on any atom is 0.200 e. The molecule has 1 heterocycles. The molecule has 0 amide bonds. The largest absolute Gasteiger partial charge is 0.491 e. The lowest BCUT2D eigenvalue weighted by atomic mass is 10.00. The Morgan fingerprint density at radius 3 is 2.29 bits per heavy atom. The lowest BCUT2D eigenvalue weighted by Gasteiger charge is -2.09. The summed E-state index contributed by atoms with van der Waals surface area (Å²) < 4.78 is 62.4. The number of ether oxygens (including phenoxy) is 1. The third-order valence-electron chi connectivity index (χ3n) is 5.10. The highest BCUT2D eigenvalue weighted by Gasteiger charge is 2.17. The zero-order valence-corrected chi connectivity index (χ0v) is 19.6. The molecular weight excluding hydrogens is 454 g/mol. The van der Waals surface area contributed by atoms with E-state index >= 15 is 0 Å². The van der Waals surface area contributed by atoms with Crippen LogP contribution in [0.15, 0.2) is 110 Å². The van der Waals surface area contributed by atoms with E-state index in [-0.39, 0.29) is 35.3 Å². The zero-order valence-electron chi connectivity index (χ0n) is 19.6. The molecule has 35 heavy (non-hydrogen) atoms. The van der Waals surface area contributed by atoms with Gasteiger partial charge in [0.05, 0.1) is 12.3 Å². The molecule has 182 valence electrons. The molecule has 0 radical (unpaired) electrons. The van der Waals surface area contributed by atoms with Crippen LogP contribution in [0.4, 0.5) is 17.6 Å². The maximum absolute atomic E-state index is 14.7. The molecule has 0 spiro atoms. The van der Waals surface area contributed by atoms with Gasteiger partial charge >= 0.3 is 0 Å². The Morgan fingerprint density at radius 1 is 0.971 bits per heavy atom. The fraction of sp³-hybridized carbons (Fsp3) is 0.138. The summed E-state index contributed by atoms with van der Waals surface area (Å²) in [5.74, 6) is -4.85. The SMILES string of the molecule is C=Cc1ccc(-c2ccc(CCC(=C)/C=C\C(=C)C(=C)/C(F)=C(/F)C(=C)OCC)c(F)c2F)nc1. The summed E-state index contributed by atoms with van der Waals surface area (Å²) in [6.07, 6.45) is 6.56. The van der Waals surface area contributed by atoms with E-state index in [0.717, 1.165) is 5.56 Å². The van der Waals surface area contributed by atoms with Gasteiger partial charge in [-0.2, -0.15) is 4.39 Å². The molecule has 1 aromatic heterocycles. The molecule has 0 aliphatic heterocycles. The summed E-state index contributed by atoms with van der Waals surface area (Å²) in [6, 6.07) is 6.29. The van der Waals surface area contributed by atoms with Crippen molar-refractivity contribution in [2.24, 2.45) is 0 Å². The van der Waals surface area contributed by atoms with Gasteiger partial charge in [0, 0.05) is 17.3 Å². The maximum atomic E-state index is 14.7. The van der Waals surface area contributed by atoms with Crippen molar-refractivity contribution in [2.75, 3.05) is 6.61 Å². The highest BCUT2D eigenvalue weighted by atomic mass is 19.2. The van der Waals surface area contributed by atoms with Crippen molar-refractivity contribution >= 4 is 6.08 Å². The summed E-state index contributed by atoms with van der Waals surface area (Å²) in [4.78, 5) is 4.14. The van der Waals surface area contributed by atoms with Crippen molar-refractivity contribution in [2.45, 2.75) is 19.8 Å². The topological polar surface area (TPSA) is 22.1 Å². The second-order valence-corrected chi connectivity index (χ2v) is 7.56. The second kappa shape index (κ2) is 12.5. The number of halogens is 4. The first-order chi connectivity index (χ1) is 16.6. The minimum Gasteiger partial charge on any atom is -0.491 e. The Hall–Kier alpha value is -3.93. The minimum atomic E-state index is -1.25. The standard InChI is InChI=1S/C29H27F4NO/c1-7-22-12-16-25(34-17-22)24-15-14-23(28(32)29(24)33)13-10-18(3)9-11-19(4)20(5)26(30)27(31)21(6)35-8-2/h7,9,11-12,14-17H,1,3-6,8,10,13H2,2H3/b11-9-,27-26-. The summed E-state index contributed by atoms with van der Waals surface area (Å²) in [6.45, 7) is 19.7. The number of benzene rings is 1. The second-order valence-electron chi connectivity index (χ2n) is 7.56. The van der Waals surface area contributed by atoms with E-state index in [0.29, 0.717) is 17.7 Å². The molecule has 6 heteroatoms. The number of hydrogen-bond donors (Lipinski definition) is 0. The van der Waals surface area contributed by atoms with E-state index in [1.54, 1.807) is 25.1 Å². The highest BCUT2D eigenvalue weighted by molar-refractivity contribution is 5.62. The Bertz CT molecular complexity index is 1220. The fourth-order valence-corrected chi connectivity index (χ4v) is 3.00. The highest BCUT2D eigenvalue weighted by Crippen LogP contribution is 2.28. The minimum absolute atomic E-state index is 0.0599. The molecule has 2 nitrogen and oxygen atoms in total. The van der Waals surface area contributed by atoms with Crippen LogP contribution in [0, 0.1) is 11.6 Å². The van der Waals surface area contributed by atoms with E-state index in [1.807, 2.05) is 0 Å². The average molecular weight is 482 g/mol. The first kappa shape index (κ1) is 27.3. The molecule has 0 aliphatic carbocycles. The first-order valence-corrected chi connectivity index (χ1v) is 10.8. The molecule has 0 aliphatic rings. The summed E-state index contributed by atoms with van der Waals surface area (Å²) in [5, 5.41) is 0. The van der Waals surface area contributed by atoms with Crippen LogP contribution in [0.3, 0.4) is 0 Å². The van der Waals surface area contributed by atoms with Gasteiger partial charge in [-0.1, -0.05) is 68.8 Å². The van der Waals surface area contributed by atoms with Crippen molar-refractivity contribution in [3.05, 3.63) is 132 Å². The monoisotopic (exact) mass is 481 g/mol. The number of rotatable bonds is 12. The Labute approximate surface area is 203 Å². The van der Waals surface area contributed by atoms with E-state index in [2.05, 4.69) is 37.9 Å². The van der Waals surface area contributed by atoms with Gasteiger partial charge in [0.1, 0.15) is 0 Å². The molecule has 0 N–H and O–H groups in total. The lowest BCUT2D eigenvalue weighted by Crippen LogP contribution is -1.99. The van der Waals surface area contributed by atoms with Crippen LogP contribution in [0.5, 0.6) is 0 Å². The Kier molecular flexibility index (Phi) is 9.76. The molecule has 1 aromatic carbocycles. The van der Waals surface area contributed by atoms with Crippen molar-refractivity contribution in [1.82, 2.24) is 4.98 Å². The number of hydrogen-bond acceptors (Lipinski definition) is 2. The number of aromatic nitrogens is 1. The third kappa shape index (κ3) is 7.03. The van der Waals surface area contributed by atoms with Gasteiger partial charge in [0.2, 0.25) is 5.83 Å². The van der Waals surface area contributed by atoms with Gasteiger partial charge in [-0.3, -0.25) is 4.98 Å². The van der Waals surface area contributed by atoms with Gasteiger partial charge in [0.15, 0.2) is 23.2 Å². The number of allylic oxidation sites excluding steroid dienone is 7. The van der Waals surface area contributed by atoms with Crippen LogP contribution in [0.1, 0.15) is 24.5 Å². The van der Waals surface area contributed by atoms with Crippen LogP contribution < -0.4 is 0 Å². The molecular formula is C29H27F4NO. The van der Waals surface area contributed by atoms with Gasteiger partial charge in [-0.15, -0.1) is 0 Å². The van der Waals surface area contributed by atoms with Crippen LogP contribution in [0.25, 0.3) is 17.3 Å². The van der Waals surface area contributed by atoms with Gasteiger partial charge in [0.25, 0.3) is 0 Å². The molecule has 0 unspecified atom stereocenters. The van der Waals surface area contributed by atoms with E-state index < -0.39 is 29.0 Å². The predicted octanol–water partition coefficient (Wildman–Crippen LogP) is 8.53. The van der Waals surface area contributed by atoms with Crippen LogP contribution in [-0.2, 0) is 11.2 Å². The molecule has 0 saturated carbocycles. The lowest BCUT2D eigenvalue weighted by molar-refractivity contribution is 0.224. The molecule has 2 aromatic rings. The average Bonchev–Trinajstić information content (AvgIpc) is 2.86. The summed E-state index contributed by atoms with van der Waals surface area (Å²) in [5.41, 5.74) is 1.71. The van der Waals surface area contributed by atoms with Crippen molar-refractivity contribution < 1.29 is 22.3 Å². The Balaban J connectivity index is 2.04. The summed E-state index contributed by atoms with van der Waals surface area (Å²) >= 11 is 0. The van der Waals surface area contributed by atoms with E-state index in [1.165, 1.54) is 30.5 Å². The van der Waals surface area contributed by atoms with Crippen LogP contribution in [0.2, 0.25) is 0 Å². The quantitative estimate of drug-likeness (QED) is 0.172. The van der Waals surface area contributed by atoms with Crippen molar-refractivity contribution in [1.29, 1.82) is 0 Å². The van der Waals surface area contributed by atoms with Crippen LogP contribution in [-0.4, -0.2) is 11.6 Å². The zero-order chi connectivity index (χ0) is 26.1. The third-order valence-corrected chi connectivity index (χ3v) is 5.10. The predicted molar refractivity (Wildman–Crippen MR) is 135 cm³/mol. The van der Waals surface area contributed by atoms with E-state index in [9.17, 15) is 17.6 Å². The van der Waals surface area contributed by atoms with Crippen molar-refractivity contribution in [3.63, 3.8) is 0 Å². The van der Waals surface area contributed by atoms with Gasteiger partial charge in [-0.25, -0.2) is 13.2 Å². The molecule has 0 saturated heterocycles. The summed E-state index contributed by atoms with van der Waals surface area (Å²) in [7, 11) is 0. The number of pyridine rings is 1. The number of aryl methyl sites for hydroxylation is 1. The van der Waals surface area contributed by atoms with Gasteiger partial charge < -0.3 is 4.74 Å². The fourth-order valence-electron chi connectivity index (χ4n) is 3.00. The first-order valence-electron chi connectivity index (χ1n) is 10.8. The number of nitrogens with zero attached hydrogens (tertiary/aromatic N) is 1. The Morgan fingerprint density at radius 2 is 1.69 bits per heavy atom.